The summed E-state index contributed by atoms with van der Waals surface area (Å²) in [7, 11) is 2.14. The minimum absolute atomic E-state index is 0.00556. The van der Waals surface area contributed by atoms with E-state index >= 15 is 0 Å². The quantitative estimate of drug-likeness (QED) is 0.802. The second-order valence-corrected chi connectivity index (χ2v) is 6.22. The Hall–Kier alpha value is -1.73. The van der Waals surface area contributed by atoms with Crippen molar-refractivity contribution in [2.45, 2.75) is 44.2 Å². The number of piperidine rings is 1. The minimum Gasteiger partial charge on any atom is -0.300 e. The third-order valence-electron chi connectivity index (χ3n) is 5.07. The summed E-state index contributed by atoms with van der Waals surface area (Å²) in [5, 5.41) is 8.72. The number of hydrogen-bond acceptors (Lipinski definition) is 3. The van der Waals surface area contributed by atoms with Gasteiger partial charge in [0.25, 0.3) is 0 Å². The number of rotatable bonds is 3. The van der Waals surface area contributed by atoms with E-state index in [9.17, 15) is 9.18 Å². The number of carbonyl (C=O) groups excluding carboxylic acids is 1. The molecule has 2 aliphatic heterocycles. The summed E-state index contributed by atoms with van der Waals surface area (Å²) in [6.07, 6.45) is 4.15. The number of fused-ring (bicyclic) bond motifs is 2. The van der Waals surface area contributed by atoms with Crippen LogP contribution in [0.15, 0.2) is 18.2 Å². The molecule has 21 heavy (non-hydrogen) atoms. The Morgan fingerprint density at radius 3 is 2.67 bits per heavy atom. The van der Waals surface area contributed by atoms with Crippen molar-refractivity contribution < 1.29 is 9.18 Å². The molecule has 2 fully saturated rings. The lowest BCUT2D eigenvalue weighted by atomic mass is 9.84. The van der Waals surface area contributed by atoms with Gasteiger partial charge in [0.2, 0.25) is 0 Å². The molecular formula is C17H19FN2O. The normalized spacial score (nSPS) is 28.3. The highest BCUT2D eigenvalue weighted by molar-refractivity contribution is 5.98. The summed E-state index contributed by atoms with van der Waals surface area (Å²) in [5.41, 5.74) is 0.870. The van der Waals surface area contributed by atoms with Gasteiger partial charge in [-0.2, -0.15) is 5.26 Å². The number of nitrogens with zero attached hydrogens (tertiary/aromatic N) is 2. The van der Waals surface area contributed by atoms with Crippen LogP contribution in [-0.2, 0) is 6.42 Å². The van der Waals surface area contributed by atoms with E-state index in [0.29, 0.717) is 23.2 Å². The third-order valence-corrected chi connectivity index (χ3v) is 5.07. The molecule has 0 saturated carbocycles. The molecule has 110 valence electrons. The van der Waals surface area contributed by atoms with Crippen LogP contribution in [0.1, 0.15) is 41.6 Å². The van der Waals surface area contributed by atoms with Crippen molar-refractivity contribution in [3.63, 3.8) is 0 Å². The Balaban J connectivity index is 1.80. The first-order chi connectivity index (χ1) is 10.1. The molecule has 2 saturated heterocycles. The van der Waals surface area contributed by atoms with E-state index in [0.717, 1.165) is 12.8 Å². The van der Waals surface area contributed by atoms with Gasteiger partial charge in [-0.05, 0) is 50.9 Å². The van der Waals surface area contributed by atoms with E-state index in [4.69, 9.17) is 5.26 Å². The predicted octanol–water partition coefficient (Wildman–Crippen LogP) is 2.95. The molecule has 1 aromatic carbocycles. The number of ketones is 1. The summed E-state index contributed by atoms with van der Waals surface area (Å²) in [6.45, 7) is 0. The van der Waals surface area contributed by atoms with Crippen LogP contribution in [0, 0.1) is 23.1 Å². The highest BCUT2D eigenvalue weighted by Crippen LogP contribution is 2.38. The topological polar surface area (TPSA) is 44.1 Å². The van der Waals surface area contributed by atoms with Gasteiger partial charge in [-0.1, -0.05) is 0 Å². The van der Waals surface area contributed by atoms with Gasteiger partial charge >= 0.3 is 0 Å². The maximum Gasteiger partial charge on any atom is 0.166 e. The molecule has 2 bridgehead atoms. The van der Waals surface area contributed by atoms with Crippen molar-refractivity contribution >= 4 is 5.78 Å². The third kappa shape index (κ3) is 2.58. The fourth-order valence-electron chi connectivity index (χ4n) is 3.81. The van der Waals surface area contributed by atoms with Gasteiger partial charge in [0.1, 0.15) is 5.82 Å². The van der Waals surface area contributed by atoms with Crippen molar-refractivity contribution in [1.29, 1.82) is 5.26 Å². The summed E-state index contributed by atoms with van der Waals surface area (Å²) in [6, 6.07) is 7.38. The van der Waals surface area contributed by atoms with Crippen molar-refractivity contribution in [1.82, 2.24) is 4.90 Å². The first-order valence-corrected chi connectivity index (χ1v) is 7.51. The Morgan fingerprint density at radius 2 is 2.05 bits per heavy atom. The molecule has 2 unspecified atom stereocenters. The van der Waals surface area contributed by atoms with E-state index in [1.165, 1.54) is 18.9 Å². The molecule has 3 rings (SSSR count). The monoisotopic (exact) mass is 286 g/mol. The van der Waals surface area contributed by atoms with Crippen LogP contribution in [0.3, 0.4) is 0 Å². The molecule has 2 aliphatic rings. The Bertz CT molecular complexity index is 593. The molecule has 4 heteroatoms. The van der Waals surface area contributed by atoms with E-state index in [1.54, 1.807) is 12.1 Å². The fraction of sp³-hybridized carbons (Fsp3) is 0.529. The van der Waals surface area contributed by atoms with Gasteiger partial charge in [0, 0.05) is 29.1 Å². The molecule has 0 N–H and O–H groups in total. The first kappa shape index (κ1) is 14.2. The van der Waals surface area contributed by atoms with Gasteiger partial charge in [0.15, 0.2) is 5.78 Å². The first-order valence-electron chi connectivity index (χ1n) is 7.51. The number of benzene rings is 1. The fourth-order valence-corrected chi connectivity index (χ4v) is 3.81. The van der Waals surface area contributed by atoms with Gasteiger partial charge in [-0.15, -0.1) is 0 Å². The summed E-state index contributed by atoms with van der Waals surface area (Å²) in [5.74, 6) is -0.255. The molecule has 1 aromatic rings. The van der Waals surface area contributed by atoms with E-state index in [-0.39, 0.29) is 18.1 Å². The van der Waals surface area contributed by atoms with Crippen LogP contribution in [0.25, 0.3) is 0 Å². The number of nitriles is 1. The smallest absolute Gasteiger partial charge is 0.166 e. The molecular weight excluding hydrogens is 267 g/mol. The average molecular weight is 286 g/mol. The lowest BCUT2D eigenvalue weighted by Gasteiger charge is -2.35. The molecule has 2 heterocycles. The summed E-state index contributed by atoms with van der Waals surface area (Å²) >= 11 is 0. The van der Waals surface area contributed by atoms with Crippen LogP contribution >= 0.6 is 0 Å². The van der Waals surface area contributed by atoms with Crippen LogP contribution in [-0.4, -0.2) is 29.8 Å². The molecule has 2 atom stereocenters. The van der Waals surface area contributed by atoms with Crippen molar-refractivity contribution in [2.24, 2.45) is 5.92 Å². The van der Waals surface area contributed by atoms with Gasteiger partial charge in [-0.25, -0.2) is 4.39 Å². The standard InChI is InChI=1S/C17H19FN2O/c1-20-14-3-4-15(20)10-13(9-14)17(21)12-2-5-16(18)11(8-12)6-7-19/h2,5,8,13-15H,3-4,6,9-10H2,1H3. The second kappa shape index (κ2) is 5.57. The van der Waals surface area contributed by atoms with Crippen LogP contribution in [0.4, 0.5) is 4.39 Å². The summed E-state index contributed by atoms with van der Waals surface area (Å²) < 4.78 is 13.6. The summed E-state index contributed by atoms with van der Waals surface area (Å²) in [4.78, 5) is 15.1. The SMILES string of the molecule is CN1C2CCC1CC(C(=O)c1ccc(F)c(CC#N)c1)C2. The zero-order valence-electron chi connectivity index (χ0n) is 12.2. The van der Waals surface area contributed by atoms with Crippen LogP contribution in [0.2, 0.25) is 0 Å². The van der Waals surface area contributed by atoms with E-state index in [2.05, 4.69) is 11.9 Å². The Kier molecular flexibility index (Phi) is 3.77. The maximum absolute atomic E-state index is 13.6. The minimum atomic E-state index is -0.406. The molecule has 0 aromatic heterocycles. The van der Waals surface area contributed by atoms with E-state index < -0.39 is 5.82 Å². The predicted molar refractivity (Wildman–Crippen MR) is 77.3 cm³/mol. The van der Waals surface area contributed by atoms with Crippen molar-refractivity contribution in [3.05, 3.63) is 35.1 Å². The zero-order chi connectivity index (χ0) is 15.0. The largest absolute Gasteiger partial charge is 0.300 e. The molecule has 0 amide bonds. The van der Waals surface area contributed by atoms with Crippen LogP contribution < -0.4 is 0 Å². The maximum atomic E-state index is 13.6. The zero-order valence-corrected chi connectivity index (χ0v) is 12.2. The van der Waals surface area contributed by atoms with Crippen molar-refractivity contribution in [3.8, 4) is 6.07 Å². The lowest BCUT2D eigenvalue weighted by Crippen LogP contribution is -2.42. The molecule has 0 radical (unpaired) electrons. The van der Waals surface area contributed by atoms with E-state index in [1.807, 2.05) is 6.07 Å². The highest BCUT2D eigenvalue weighted by atomic mass is 19.1. The Morgan fingerprint density at radius 1 is 1.38 bits per heavy atom. The van der Waals surface area contributed by atoms with Gasteiger partial charge in [0.05, 0.1) is 12.5 Å². The van der Waals surface area contributed by atoms with Gasteiger partial charge < -0.3 is 4.90 Å². The highest BCUT2D eigenvalue weighted by Gasteiger charge is 2.40. The number of Topliss-reactive ketones (excluding diaryl/α,β-unsaturated/α-hetero) is 1. The molecule has 0 aliphatic carbocycles. The lowest BCUT2D eigenvalue weighted by molar-refractivity contribution is 0.0767. The molecule has 0 spiro atoms. The molecule has 3 nitrogen and oxygen atoms in total. The van der Waals surface area contributed by atoms with Crippen molar-refractivity contribution in [2.75, 3.05) is 7.05 Å². The average Bonchev–Trinajstić information content (AvgIpc) is 2.71. The second-order valence-electron chi connectivity index (χ2n) is 6.22. The van der Waals surface area contributed by atoms with Gasteiger partial charge in [-0.3, -0.25) is 4.79 Å². The Labute approximate surface area is 124 Å². The van der Waals surface area contributed by atoms with Crippen LogP contribution in [0.5, 0.6) is 0 Å². The number of halogens is 1. The number of carbonyl (C=O) groups is 1. The number of hydrogen-bond donors (Lipinski definition) is 0.